The van der Waals surface area contributed by atoms with Crippen LogP contribution in [0.3, 0.4) is 0 Å². The Morgan fingerprint density at radius 2 is 2.00 bits per heavy atom. The first-order chi connectivity index (χ1) is 6.26. The van der Waals surface area contributed by atoms with E-state index >= 15 is 0 Å². The molecule has 2 N–H and O–H groups in total. The Hall–Kier alpha value is -1.33. The molecular formula is C8H14FNO4. The smallest absolute Gasteiger partial charge is 0.408 e. The molecule has 0 spiro atoms. The number of alkyl halides is 1. The molecule has 14 heavy (non-hydrogen) atoms. The van der Waals surface area contributed by atoms with Crippen molar-refractivity contribution in [1.82, 2.24) is 5.32 Å². The third-order valence-electron chi connectivity index (χ3n) is 1.14. The van der Waals surface area contributed by atoms with Crippen molar-refractivity contribution in [1.29, 1.82) is 0 Å². The van der Waals surface area contributed by atoms with Crippen molar-refractivity contribution in [3.05, 3.63) is 0 Å². The van der Waals surface area contributed by atoms with Crippen LogP contribution < -0.4 is 5.32 Å². The molecule has 0 aromatic carbocycles. The molecule has 0 aromatic heterocycles. The summed E-state index contributed by atoms with van der Waals surface area (Å²) in [6.07, 6.45) is -0.942. The van der Waals surface area contributed by atoms with Gasteiger partial charge in [0, 0.05) is 0 Å². The van der Waals surface area contributed by atoms with E-state index in [0.717, 1.165) is 0 Å². The number of carboxylic acid groups (broad SMARTS) is 1. The lowest BCUT2D eigenvalue weighted by atomic mass is 10.2. The summed E-state index contributed by atoms with van der Waals surface area (Å²) < 4.78 is 16.8. The highest BCUT2D eigenvalue weighted by Crippen LogP contribution is 2.06. The maximum Gasteiger partial charge on any atom is 0.408 e. The molecule has 0 heterocycles. The van der Waals surface area contributed by atoms with Gasteiger partial charge < -0.3 is 15.2 Å². The first-order valence-electron chi connectivity index (χ1n) is 4.04. The largest absolute Gasteiger partial charge is 0.480 e. The summed E-state index contributed by atoms with van der Waals surface area (Å²) in [6.45, 7) is 3.70. The third-order valence-corrected chi connectivity index (χ3v) is 1.14. The van der Waals surface area contributed by atoms with Gasteiger partial charge in [-0.15, -0.1) is 0 Å². The van der Waals surface area contributed by atoms with E-state index in [1.807, 2.05) is 5.32 Å². The molecular weight excluding hydrogens is 193 g/mol. The van der Waals surface area contributed by atoms with Crippen LogP contribution in [0, 0.1) is 0 Å². The van der Waals surface area contributed by atoms with E-state index in [9.17, 15) is 14.0 Å². The van der Waals surface area contributed by atoms with Gasteiger partial charge in [0.15, 0.2) is 6.04 Å². The molecule has 82 valence electrons. The van der Waals surface area contributed by atoms with Gasteiger partial charge in [0.05, 0.1) is 0 Å². The van der Waals surface area contributed by atoms with E-state index in [1.54, 1.807) is 20.8 Å². The monoisotopic (exact) mass is 207 g/mol. The molecule has 1 amide bonds. The average molecular weight is 207 g/mol. The average Bonchev–Trinajstić information content (AvgIpc) is 1.96. The van der Waals surface area contributed by atoms with Crippen LogP contribution in [0.5, 0.6) is 0 Å². The molecule has 0 aliphatic rings. The number of carbonyl (C=O) groups excluding carboxylic acids is 1. The Balaban J connectivity index is 4.11. The summed E-state index contributed by atoms with van der Waals surface area (Å²) >= 11 is 0. The summed E-state index contributed by atoms with van der Waals surface area (Å²) in [5.74, 6) is -1.43. The first kappa shape index (κ1) is 12.7. The molecule has 0 bridgehead atoms. The molecule has 1 unspecified atom stereocenters. The minimum Gasteiger partial charge on any atom is -0.480 e. The Kier molecular flexibility index (Phi) is 4.33. The zero-order valence-corrected chi connectivity index (χ0v) is 8.33. The number of carbonyl (C=O) groups is 2. The number of amides is 1. The van der Waals surface area contributed by atoms with Gasteiger partial charge in [0.25, 0.3) is 0 Å². The van der Waals surface area contributed by atoms with Crippen molar-refractivity contribution in [3.8, 4) is 0 Å². The number of nitrogens with one attached hydrogen (secondary N) is 1. The van der Waals surface area contributed by atoms with Gasteiger partial charge in [-0.3, -0.25) is 0 Å². The Morgan fingerprint density at radius 3 is 2.29 bits per heavy atom. The summed E-state index contributed by atoms with van der Waals surface area (Å²) in [5, 5.41) is 10.3. The minimum absolute atomic E-state index is 0.733. The van der Waals surface area contributed by atoms with E-state index in [2.05, 4.69) is 0 Å². The van der Waals surface area contributed by atoms with Crippen molar-refractivity contribution in [2.24, 2.45) is 0 Å². The fraction of sp³-hybridized carbons (Fsp3) is 0.750. The van der Waals surface area contributed by atoms with Crippen LogP contribution in [0.15, 0.2) is 0 Å². The van der Waals surface area contributed by atoms with Crippen molar-refractivity contribution in [2.75, 3.05) is 6.67 Å². The second-order valence-corrected chi connectivity index (χ2v) is 3.69. The second-order valence-electron chi connectivity index (χ2n) is 3.69. The van der Waals surface area contributed by atoms with Crippen molar-refractivity contribution in [2.45, 2.75) is 32.4 Å². The Morgan fingerprint density at radius 1 is 1.50 bits per heavy atom. The zero-order chi connectivity index (χ0) is 11.4. The number of ether oxygens (including phenoxy) is 1. The van der Waals surface area contributed by atoms with Gasteiger partial charge in [0.1, 0.15) is 12.3 Å². The highest BCUT2D eigenvalue weighted by molar-refractivity contribution is 5.80. The normalized spacial score (nSPS) is 13.1. The molecule has 6 heteroatoms. The molecule has 0 aliphatic carbocycles. The first-order valence-corrected chi connectivity index (χ1v) is 4.04. The lowest BCUT2D eigenvalue weighted by Gasteiger charge is -2.20. The van der Waals surface area contributed by atoms with Gasteiger partial charge in [-0.2, -0.15) is 0 Å². The van der Waals surface area contributed by atoms with Gasteiger partial charge in [0.2, 0.25) is 0 Å². The molecule has 0 fully saturated rings. The molecule has 0 rings (SSSR count). The minimum atomic E-state index is -1.55. The number of hydrogen-bond acceptors (Lipinski definition) is 3. The molecule has 1 atom stereocenters. The maximum atomic E-state index is 12.1. The Labute approximate surface area is 81.2 Å². The summed E-state index contributed by atoms with van der Waals surface area (Å²) in [7, 11) is 0. The van der Waals surface area contributed by atoms with Crippen LogP contribution in [-0.4, -0.2) is 35.5 Å². The van der Waals surface area contributed by atoms with E-state index < -0.39 is 30.4 Å². The van der Waals surface area contributed by atoms with Crippen LogP contribution in [0.1, 0.15) is 20.8 Å². The highest BCUT2D eigenvalue weighted by atomic mass is 19.1. The number of rotatable bonds is 3. The van der Waals surface area contributed by atoms with Crippen molar-refractivity contribution >= 4 is 12.1 Å². The summed E-state index contributed by atoms with van der Waals surface area (Å²) in [6, 6.07) is -1.55. The number of aliphatic carboxylic acids is 1. The lowest BCUT2D eigenvalue weighted by molar-refractivity contribution is -0.139. The van der Waals surface area contributed by atoms with Gasteiger partial charge in [-0.25, -0.2) is 14.0 Å². The summed E-state index contributed by atoms with van der Waals surface area (Å²) in [4.78, 5) is 21.3. The van der Waals surface area contributed by atoms with Gasteiger partial charge in [-0.1, -0.05) is 0 Å². The van der Waals surface area contributed by atoms with Crippen LogP contribution >= 0.6 is 0 Å². The molecule has 0 radical (unpaired) electrons. The zero-order valence-electron chi connectivity index (χ0n) is 8.33. The fourth-order valence-corrected chi connectivity index (χ4v) is 0.616. The predicted octanol–water partition coefficient (Wildman–Crippen LogP) is 0.934. The SMILES string of the molecule is CC(C)(C)OC(=O)NC(CF)C(=O)O. The lowest BCUT2D eigenvalue weighted by Crippen LogP contribution is -2.44. The highest BCUT2D eigenvalue weighted by Gasteiger charge is 2.23. The van der Waals surface area contributed by atoms with Crippen LogP contribution in [-0.2, 0) is 9.53 Å². The number of alkyl carbamates (subject to hydrolysis) is 1. The molecule has 5 nitrogen and oxygen atoms in total. The topological polar surface area (TPSA) is 75.6 Å². The molecule has 0 saturated heterocycles. The van der Waals surface area contributed by atoms with E-state index in [4.69, 9.17) is 9.84 Å². The van der Waals surface area contributed by atoms with Crippen molar-refractivity contribution < 1.29 is 23.8 Å². The predicted molar refractivity (Wildman–Crippen MR) is 46.8 cm³/mol. The van der Waals surface area contributed by atoms with Gasteiger partial charge >= 0.3 is 12.1 Å². The summed E-state index contributed by atoms with van der Waals surface area (Å²) in [5.41, 5.74) is -0.733. The van der Waals surface area contributed by atoms with Crippen LogP contribution in [0.4, 0.5) is 9.18 Å². The van der Waals surface area contributed by atoms with Crippen LogP contribution in [0.2, 0.25) is 0 Å². The molecule has 0 aliphatic heterocycles. The van der Waals surface area contributed by atoms with E-state index in [1.165, 1.54) is 0 Å². The third kappa shape index (κ3) is 5.34. The number of carboxylic acids is 1. The Bertz CT molecular complexity index is 224. The quantitative estimate of drug-likeness (QED) is 0.722. The standard InChI is InChI=1S/C8H14FNO4/c1-8(2,3)14-7(13)10-5(4-9)6(11)12/h5H,4H2,1-3H3,(H,10,13)(H,11,12). The number of hydrogen-bond donors (Lipinski definition) is 2. The van der Waals surface area contributed by atoms with Crippen LogP contribution in [0.25, 0.3) is 0 Å². The van der Waals surface area contributed by atoms with Gasteiger partial charge in [-0.05, 0) is 20.8 Å². The van der Waals surface area contributed by atoms with E-state index in [0.29, 0.717) is 0 Å². The van der Waals surface area contributed by atoms with Crippen molar-refractivity contribution in [3.63, 3.8) is 0 Å². The fourth-order valence-electron chi connectivity index (χ4n) is 0.616. The number of halogens is 1. The molecule has 0 saturated carbocycles. The molecule has 0 aromatic rings. The second kappa shape index (κ2) is 4.78. The maximum absolute atomic E-state index is 12.1. The van der Waals surface area contributed by atoms with E-state index in [-0.39, 0.29) is 0 Å².